The maximum absolute atomic E-state index is 12.6. The molecule has 38 heavy (non-hydrogen) atoms. The van der Waals surface area contributed by atoms with Crippen LogP contribution in [-0.2, 0) is 13.0 Å². The van der Waals surface area contributed by atoms with E-state index in [1.165, 1.54) is 11.3 Å². The molecule has 0 atom stereocenters. The van der Waals surface area contributed by atoms with Crippen LogP contribution in [0, 0.1) is 0 Å². The van der Waals surface area contributed by atoms with Crippen molar-refractivity contribution in [3.63, 3.8) is 0 Å². The Morgan fingerprint density at radius 3 is 2.53 bits per heavy atom. The summed E-state index contributed by atoms with van der Waals surface area (Å²) in [5, 5.41) is 14.3. The molecule has 0 spiro atoms. The Morgan fingerprint density at radius 2 is 1.79 bits per heavy atom. The Bertz CT molecular complexity index is 1490. The number of aromatic nitrogens is 3. The molecule has 2 amide bonds. The molecule has 5 N–H and O–H groups in total. The van der Waals surface area contributed by atoms with Gasteiger partial charge in [-0.1, -0.05) is 18.2 Å². The maximum Gasteiger partial charge on any atom is 0.256 e. The van der Waals surface area contributed by atoms with Crippen molar-refractivity contribution in [3.8, 4) is 11.3 Å². The van der Waals surface area contributed by atoms with Crippen molar-refractivity contribution in [1.82, 2.24) is 20.1 Å². The van der Waals surface area contributed by atoms with Crippen LogP contribution in [0.5, 0.6) is 0 Å². The molecule has 0 bridgehead atoms. The smallest absolute Gasteiger partial charge is 0.256 e. The molecule has 2 aliphatic heterocycles. The lowest BCUT2D eigenvalue weighted by molar-refractivity contribution is 0.0998. The van der Waals surface area contributed by atoms with Crippen LogP contribution in [0.15, 0.2) is 66.9 Å². The molecule has 0 unspecified atom stereocenters. The molecule has 4 heterocycles. The van der Waals surface area contributed by atoms with Crippen LogP contribution in [0.4, 0.5) is 23.0 Å². The third kappa shape index (κ3) is 4.57. The van der Waals surface area contributed by atoms with E-state index in [2.05, 4.69) is 44.0 Å². The largest absolute Gasteiger partial charge is 0.369 e. The highest BCUT2D eigenvalue weighted by molar-refractivity contribution is 6.06. The number of anilines is 4. The first kappa shape index (κ1) is 23.7. The van der Waals surface area contributed by atoms with Crippen LogP contribution in [0.1, 0.15) is 26.3 Å². The average molecular weight is 509 g/mol. The molecular formula is C28H28N8O2. The molecule has 1 saturated heterocycles. The first-order valence-electron chi connectivity index (χ1n) is 12.7. The molecule has 192 valence electrons. The van der Waals surface area contributed by atoms with Gasteiger partial charge in [-0.15, -0.1) is 0 Å². The first-order chi connectivity index (χ1) is 18.6. The number of hydrogen-bond acceptors (Lipinski definition) is 7. The second kappa shape index (κ2) is 9.98. The molecule has 1 fully saturated rings. The van der Waals surface area contributed by atoms with Gasteiger partial charge in [0.05, 0.1) is 0 Å². The number of nitrogens with zero attached hydrogens (tertiary/aromatic N) is 4. The van der Waals surface area contributed by atoms with Crippen molar-refractivity contribution in [2.75, 3.05) is 41.7 Å². The van der Waals surface area contributed by atoms with E-state index in [1.54, 1.807) is 48.7 Å². The van der Waals surface area contributed by atoms with E-state index in [-0.39, 0.29) is 5.91 Å². The van der Waals surface area contributed by atoms with Gasteiger partial charge in [-0.05, 0) is 54.4 Å². The van der Waals surface area contributed by atoms with Crippen molar-refractivity contribution >= 4 is 34.8 Å². The van der Waals surface area contributed by atoms with Gasteiger partial charge in [0.25, 0.3) is 11.8 Å². The van der Waals surface area contributed by atoms with Gasteiger partial charge in [0.1, 0.15) is 22.9 Å². The van der Waals surface area contributed by atoms with E-state index in [4.69, 9.17) is 10.8 Å². The molecule has 2 aromatic carbocycles. The summed E-state index contributed by atoms with van der Waals surface area (Å²) in [6.45, 7) is 4.51. The van der Waals surface area contributed by atoms with Gasteiger partial charge >= 0.3 is 0 Å². The summed E-state index contributed by atoms with van der Waals surface area (Å²) in [6.07, 6.45) is 2.38. The predicted molar refractivity (Wildman–Crippen MR) is 147 cm³/mol. The molecule has 6 rings (SSSR count). The molecule has 2 aliphatic rings. The standard InChI is InChI=1S/C28H28N8O2/c29-26(37)24-25(18-4-6-19(7-5-18)28(38)33-23-3-1-2-11-31-23)34-36-14-10-20-17-21(35-15-12-30-13-16-35)8-9-22(20)32-27(24)36/h1-9,11,17,30,32H,10,12-16H2,(H2,29,37)(H,31,33,38). The van der Waals surface area contributed by atoms with Gasteiger partial charge < -0.3 is 26.6 Å². The molecule has 0 aliphatic carbocycles. The Labute approximate surface area is 219 Å². The number of pyridine rings is 1. The highest BCUT2D eigenvalue weighted by atomic mass is 16.2. The second-order valence-corrected chi connectivity index (χ2v) is 9.36. The number of fused-ring (bicyclic) bond motifs is 2. The molecule has 0 radical (unpaired) electrons. The number of benzene rings is 2. The fourth-order valence-electron chi connectivity index (χ4n) is 4.97. The Balaban J connectivity index is 1.27. The third-order valence-electron chi connectivity index (χ3n) is 6.94. The van der Waals surface area contributed by atoms with Gasteiger partial charge in [-0.3, -0.25) is 9.59 Å². The lowest BCUT2D eigenvalue weighted by Crippen LogP contribution is -2.43. The minimum absolute atomic E-state index is 0.274. The molecule has 10 heteroatoms. The summed E-state index contributed by atoms with van der Waals surface area (Å²) in [5.74, 6) is 0.219. The highest BCUT2D eigenvalue weighted by Crippen LogP contribution is 2.35. The monoisotopic (exact) mass is 508 g/mol. The molecule has 4 aromatic rings. The number of nitrogens with one attached hydrogen (secondary N) is 3. The average Bonchev–Trinajstić information content (AvgIpc) is 3.22. The summed E-state index contributed by atoms with van der Waals surface area (Å²) >= 11 is 0. The van der Waals surface area contributed by atoms with Gasteiger partial charge in [0.15, 0.2) is 0 Å². The fourth-order valence-corrected chi connectivity index (χ4v) is 4.97. The Morgan fingerprint density at radius 1 is 0.974 bits per heavy atom. The molecular weight excluding hydrogens is 480 g/mol. The number of amides is 2. The topological polar surface area (TPSA) is 130 Å². The number of carbonyl (C=O) groups excluding carboxylic acids is 2. The quantitative estimate of drug-likeness (QED) is 0.326. The summed E-state index contributed by atoms with van der Waals surface area (Å²) < 4.78 is 1.81. The highest BCUT2D eigenvalue weighted by Gasteiger charge is 2.26. The van der Waals surface area contributed by atoms with Gasteiger partial charge in [0.2, 0.25) is 0 Å². The van der Waals surface area contributed by atoms with E-state index in [9.17, 15) is 9.59 Å². The van der Waals surface area contributed by atoms with Crippen molar-refractivity contribution in [2.24, 2.45) is 5.73 Å². The van der Waals surface area contributed by atoms with E-state index >= 15 is 0 Å². The number of hydrogen-bond donors (Lipinski definition) is 4. The second-order valence-electron chi connectivity index (χ2n) is 9.36. The van der Waals surface area contributed by atoms with Crippen molar-refractivity contribution in [3.05, 3.63) is 83.6 Å². The van der Waals surface area contributed by atoms with Crippen LogP contribution in [-0.4, -0.2) is 52.8 Å². The van der Waals surface area contributed by atoms with E-state index in [1.807, 2.05) is 4.68 Å². The third-order valence-corrected chi connectivity index (χ3v) is 6.94. The minimum Gasteiger partial charge on any atom is -0.369 e. The predicted octanol–water partition coefficient (Wildman–Crippen LogP) is 3.01. The number of carbonyl (C=O) groups is 2. The van der Waals surface area contributed by atoms with Crippen LogP contribution in [0.3, 0.4) is 0 Å². The normalized spacial score (nSPS) is 14.6. The minimum atomic E-state index is -0.563. The van der Waals surface area contributed by atoms with Crippen LogP contribution >= 0.6 is 0 Å². The van der Waals surface area contributed by atoms with Crippen molar-refractivity contribution in [1.29, 1.82) is 0 Å². The molecule has 2 aromatic heterocycles. The molecule has 10 nitrogen and oxygen atoms in total. The SMILES string of the molecule is NC(=O)c1c(-c2ccc(C(=O)Nc3ccccn3)cc2)nn2c1Nc1ccc(N3CCNCC3)cc1CC2. The van der Waals surface area contributed by atoms with Gasteiger partial charge in [0, 0.05) is 61.4 Å². The lowest BCUT2D eigenvalue weighted by atomic mass is 10.0. The van der Waals surface area contributed by atoms with Crippen molar-refractivity contribution in [2.45, 2.75) is 13.0 Å². The van der Waals surface area contributed by atoms with Crippen molar-refractivity contribution < 1.29 is 9.59 Å². The Hall–Kier alpha value is -4.70. The summed E-state index contributed by atoms with van der Waals surface area (Å²) in [5.41, 5.74) is 11.2. The lowest BCUT2D eigenvalue weighted by Gasteiger charge is -2.30. The fraction of sp³-hybridized carbons (Fsp3) is 0.214. The number of aryl methyl sites for hydroxylation is 2. The summed E-state index contributed by atoms with van der Waals surface area (Å²) in [6, 6.07) is 18.7. The number of piperazine rings is 1. The van der Waals surface area contributed by atoms with Crippen LogP contribution in [0.25, 0.3) is 11.3 Å². The maximum atomic E-state index is 12.6. The molecule has 0 saturated carbocycles. The summed E-state index contributed by atoms with van der Waals surface area (Å²) in [4.78, 5) is 31.8. The van der Waals surface area contributed by atoms with E-state index in [0.29, 0.717) is 40.6 Å². The number of primary amides is 1. The number of nitrogens with two attached hydrogens (primary N) is 1. The number of rotatable bonds is 5. The zero-order valence-corrected chi connectivity index (χ0v) is 20.8. The van der Waals surface area contributed by atoms with Crippen LogP contribution in [0.2, 0.25) is 0 Å². The Kier molecular flexibility index (Phi) is 6.22. The van der Waals surface area contributed by atoms with E-state index in [0.717, 1.165) is 38.3 Å². The van der Waals surface area contributed by atoms with Crippen LogP contribution < -0.4 is 26.6 Å². The zero-order valence-electron chi connectivity index (χ0n) is 20.8. The van der Waals surface area contributed by atoms with Gasteiger partial charge in [-0.2, -0.15) is 5.10 Å². The van der Waals surface area contributed by atoms with E-state index < -0.39 is 5.91 Å². The first-order valence-corrected chi connectivity index (χ1v) is 12.7. The summed E-state index contributed by atoms with van der Waals surface area (Å²) in [7, 11) is 0. The van der Waals surface area contributed by atoms with Gasteiger partial charge in [-0.25, -0.2) is 9.67 Å². The zero-order chi connectivity index (χ0) is 26.1.